The van der Waals surface area contributed by atoms with Crippen molar-refractivity contribution >= 4 is 5.91 Å². The summed E-state index contributed by atoms with van der Waals surface area (Å²) in [5, 5.41) is 0. The second-order valence-electron chi connectivity index (χ2n) is 6.23. The van der Waals surface area contributed by atoms with E-state index in [1.54, 1.807) is 0 Å². The molecular weight excluding hydrogens is 242 g/mol. The predicted octanol–water partition coefficient (Wildman–Crippen LogP) is 0.788. The molecule has 0 radical (unpaired) electrons. The molecule has 0 aromatic carbocycles. The van der Waals surface area contributed by atoms with Crippen LogP contribution in [0.4, 0.5) is 0 Å². The van der Waals surface area contributed by atoms with Crippen molar-refractivity contribution in [3.8, 4) is 0 Å². The largest absolute Gasteiger partial charge is 0.364 e. The maximum absolute atomic E-state index is 11.5. The van der Waals surface area contributed by atoms with Gasteiger partial charge in [-0.3, -0.25) is 15.1 Å². The van der Waals surface area contributed by atoms with Gasteiger partial charge in [-0.15, -0.1) is 0 Å². The third kappa shape index (κ3) is 2.78. The van der Waals surface area contributed by atoms with Crippen molar-refractivity contribution in [1.29, 1.82) is 0 Å². The number of nitrogens with zero attached hydrogens (tertiary/aromatic N) is 1. The van der Waals surface area contributed by atoms with Gasteiger partial charge in [0, 0.05) is 12.6 Å². The Morgan fingerprint density at radius 2 is 2.05 bits per heavy atom. The first-order chi connectivity index (χ1) is 9.28. The maximum Gasteiger partial charge on any atom is 0.263 e. The van der Waals surface area contributed by atoms with Crippen LogP contribution in [0, 0.1) is 5.92 Å². The van der Waals surface area contributed by atoms with Crippen molar-refractivity contribution in [2.75, 3.05) is 13.1 Å². The fraction of sp³-hybridized carbons (Fsp3) is 0.929. The third-order valence-electron chi connectivity index (χ3n) is 5.09. The fourth-order valence-electron chi connectivity index (χ4n) is 4.17. The monoisotopic (exact) mass is 267 g/mol. The highest BCUT2D eigenvalue weighted by Crippen LogP contribution is 2.37. The average molecular weight is 267 g/mol. The molecular formula is C14H25N3O2. The summed E-state index contributed by atoms with van der Waals surface area (Å²) in [5.41, 5.74) is 2.19. The van der Waals surface area contributed by atoms with Crippen molar-refractivity contribution in [3.05, 3.63) is 0 Å². The van der Waals surface area contributed by atoms with Crippen molar-refractivity contribution in [2.24, 2.45) is 11.8 Å². The van der Waals surface area contributed by atoms with E-state index < -0.39 is 0 Å². The Morgan fingerprint density at radius 3 is 2.89 bits per heavy atom. The molecule has 1 saturated carbocycles. The van der Waals surface area contributed by atoms with Gasteiger partial charge in [0.25, 0.3) is 5.91 Å². The molecule has 3 rings (SSSR count). The van der Waals surface area contributed by atoms with Crippen LogP contribution < -0.4 is 11.3 Å². The van der Waals surface area contributed by atoms with Gasteiger partial charge in [0.2, 0.25) is 0 Å². The highest BCUT2D eigenvalue weighted by molar-refractivity contribution is 5.80. The minimum absolute atomic E-state index is 0.181. The number of amides is 1. The number of ether oxygens (including phenoxy) is 1. The summed E-state index contributed by atoms with van der Waals surface area (Å²) in [6.45, 7) is 2.20. The molecule has 108 valence electrons. The first-order valence-electron chi connectivity index (χ1n) is 7.68. The highest BCUT2D eigenvalue weighted by Gasteiger charge is 2.38. The number of carbonyl (C=O) groups excluding carboxylic acids is 1. The van der Waals surface area contributed by atoms with Crippen molar-refractivity contribution in [1.82, 2.24) is 10.3 Å². The molecule has 19 heavy (non-hydrogen) atoms. The van der Waals surface area contributed by atoms with Gasteiger partial charge in [0.05, 0.1) is 6.10 Å². The molecule has 2 aliphatic heterocycles. The molecule has 0 aromatic rings. The number of rotatable bonds is 3. The molecule has 0 bridgehead atoms. The van der Waals surface area contributed by atoms with Crippen LogP contribution in [-0.2, 0) is 9.53 Å². The van der Waals surface area contributed by atoms with Gasteiger partial charge in [0.15, 0.2) is 0 Å². The van der Waals surface area contributed by atoms with Gasteiger partial charge < -0.3 is 4.74 Å². The van der Waals surface area contributed by atoms with Crippen molar-refractivity contribution < 1.29 is 9.53 Å². The fourth-order valence-corrected chi connectivity index (χ4v) is 4.17. The van der Waals surface area contributed by atoms with Crippen LogP contribution in [0.2, 0.25) is 0 Å². The van der Waals surface area contributed by atoms with E-state index in [2.05, 4.69) is 10.3 Å². The molecule has 3 fully saturated rings. The normalized spacial score (nSPS) is 39.2. The van der Waals surface area contributed by atoms with E-state index >= 15 is 0 Å². The third-order valence-corrected chi connectivity index (χ3v) is 5.09. The Labute approximate surface area is 114 Å². The van der Waals surface area contributed by atoms with Crippen molar-refractivity contribution in [3.63, 3.8) is 0 Å². The van der Waals surface area contributed by atoms with Gasteiger partial charge in [-0.25, -0.2) is 5.84 Å². The van der Waals surface area contributed by atoms with Crippen LogP contribution in [0.3, 0.4) is 0 Å². The van der Waals surface area contributed by atoms with Gasteiger partial charge in [-0.05, 0) is 51.0 Å². The lowest BCUT2D eigenvalue weighted by atomic mass is 9.91. The Bertz CT molecular complexity index is 337. The summed E-state index contributed by atoms with van der Waals surface area (Å²) in [4.78, 5) is 14.1. The van der Waals surface area contributed by atoms with Gasteiger partial charge >= 0.3 is 0 Å². The minimum atomic E-state index is -0.334. The Morgan fingerprint density at radius 1 is 1.21 bits per heavy atom. The SMILES string of the molecule is NNC(=O)C1CCC(CN2CCCC3CCCC32)O1. The topological polar surface area (TPSA) is 67.6 Å². The van der Waals surface area contributed by atoms with E-state index in [4.69, 9.17) is 10.6 Å². The minimum Gasteiger partial charge on any atom is -0.364 e. The summed E-state index contributed by atoms with van der Waals surface area (Å²) in [7, 11) is 0. The van der Waals surface area contributed by atoms with Crippen LogP contribution in [0.25, 0.3) is 0 Å². The lowest BCUT2D eigenvalue weighted by Crippen LogP contribution is -2.46. The number of hydrogen-bond acceptors (Lipinski definition) is 4. The Kier molecular flexibility index (Phi) is 4.05. The number of hydrazine groups is 1. The lowest BCUT2D eigenvalue weighted by Gasteiger charge is -2.39. The molecule has 0 spiro atoms. The zero-order valence-corrected chi connectivity index (χ0v) is 11.5. The van der Waals surface area contributed by atoms with Crippen molar-refractivity contribution in [2.45, 2.75) is 63.2 Å². The number of nitrogens with two attached hydrogens (primary N) is 1. The summed E-state index contributed by atoms with van der Waals surface area (Å²) < 4.78 is 5.83. The molecule has 5 heteroatoms. The Hall–Kier alpha value is -0.650. The number of nitrogens with one attached hydrogen (secondary N) is 1. The van der Waals surface area contributed by atoms with E-state index in [0.717, 1.165) is 31.3 Å². The summed E-state index contributed by atoms with van der Waals surface area (Å²) in [6, 6.07) is 0.778. The first kappa shape index (κ1) is 13.3. The Balaban J connectivity index is 1.53. The standard InChI is InChI=1S/C14H25N3O2/c15-16-14(18)13-7-6-11(19-13)9-17-8-2-4-10-3-1-5-12(10)17/h10-13H,1-9,15H2,(H,16,18). The number of carbonyl (C=O) groups is 1. The number of hydrogen-bond donors (Lipinski definition) is 2. The molecule has 1 aliphatic carbocycles. The summed E-state index contributed by atoms with van der Waals surface area (Å²) in [5.74, 6) is 5.90. The van der Waals surface area contributed by atoms with Crippen LogP contribution in [-0.4, -0.2) is 42.1 Å². The molecule has 0 aromatic heterocycles. The predicted molar refractivity (Wildman–Crippen MR) is 72.2 cm³/mol. The molecule has 3 N–H and O–H groups in total. The summed E-state index contributed by atoms with van der Waals surface area (Å²) >= 11 is 0. The molecule has 1 amide bonds. The molecule has 4 atom stereocenters. The highest BCUT2D eigenvalue weighted by atomic mass is 16.5. The molecule has 3 aliphatic rings. The quantitative estimate of drug-likeness (QED) is 0.451. The lowest BCUT2D eigenvalue weighted by molar-refractivity contribution is -0.132. The van der Waals surface area contributed by atoms with Crippen LogP contribution in [0.15, 0.2) is 0 Å². The van der Waals surface area contributed by atoms with Gasteiger partial charge in [-0.1, -0.05) is 6.42 Å². The van der Waals surface area contributed by atoms with E-state index in [0.29, 0.717) is 0 Å². The zero-order chi connectivity index (χ0) is 13.2. The number of piperidine rings is 1. The zero-order valence-electron chi connectivity index (χ0n) is 11.5. The van der Waals surface area contributed by atoms with E-state index in [1.807, 2.05) is 0 Å². The van der Waals surface area contributed by atoms with Gasteiger partial charge in [-0.2, -0.15) is 0 Å². The van der Waals surface area contributed by atoms with Crippen LogP contribution in [0.5, 0.6) is 0 Å². The van der Waals surface area contributed by atoms with E-state index in [1.165, 1.54) is 38.6 Å². The van der Waals surface area contributed by atoms with E-state index in [-0.39, 0.29) is 18.1 Å². The number of likely N-dealkylation sites (tertiary alicyclic amines) is 1. The number of fused-ring (bicyclic) bond motifs is 1. The molecule has 4 unspecified atom stereocenters. The molecule has 2 saturated heterocycles. The average Bonchev–Trinajstić information content (AvgIpc) is 3.07. The second-order valence-corrected chi connectivity index (χ2v) is 6.23. The smallest absolute Gasteiger partial charge is 0.263 e. The second kappa shape index (κ2) is 5.77. The maximum atomic E-state index is 11.5. The van der Waals surface area contributed by atoms with Gasteiger partial charge in [0.1, 0.15) is 6.10 Å². The summed E-state index contributed by atoms with van der Waals surface area (Å²) in [6.07, 6.45) is 8.53. The first-order valence-corrected chi connectivity index (χ1v) is 7.68. The van der Waals surface area contributed by atoms with Crippen LogP contribution in [0.1, 0.15) is 44.9 Å². The molecule has 5 nitrogen and oxygen atoms in total. The van der Waals surface area contributed by atoms with E-state index in [9.17, 15) is 4.79 Å². The molecule has 2 heterocycles. The van der Waals surface area contributed by atoms with Crippen LogP contribution >= 0.6 is 0 Å².